The van der Waals surface area contributed by atoms with E-state index >= 15 is 0 Å². The zero-order valence-corrected chi connectivity index (χ0v) is 12.8. The Morgan fingerprint density at radius 2 is 1.53 bits per heavy atom. The van der Waals surface area contributed by atoms with Crippen molar-refractivity contribution >= 4 is 53.3 Å². The van der Waals surface area contributed by atoms with Crippen molar-refractivity contribution in [3.05, 3.63) is 57.5 Å². The molecule has 84 valence electrons. The van der Waals surface area contributed by atoms with E-state index in [2.05, 4.69) is 74.3 Å². The highest BCUT2D eigenvalue weighted by Gasteiger charge is 2.12. The average molecular weight is 368 g/mol. The van der Waals surface area contributed by atoms with Gasteiger partial charge in [-0.15, -0.1) is 11.3 Å². The lowest BCUT2D eigenvalue weighted by molar-refractivity contribution is 1.64. The van der Waals surface area contributed by atoms with Gasteiger partial charge in [-0.1, -0.05) is 52.3 Å². The molecule has 0 bridgehead atoms. The first kappa shape index (κ1) is 11.5. The van der Waals surface area contributed by atoms with E-state index in [9.17, 15) is 0 Å². The van der Waals surface area contributed by atoms with Crippen LogP contribution in [0.1, 0.15) is 0 Å². The van der Waals surface area contributed by atoms with E-state index in [0.29, 0.717) is 0 Å². The number of halogens is 2. The van der Waals surface area contributed by atoms with Gasteiger partial charge in [0.1, 0.15) is 0 Å². The fourth-order valence-electron chi connectivity index (χ4n) is 1.83. The molecule has 2 aromatic carbocycles. The topological polar surface area (TPSA) is 0 Å². The van der Waals surface area contributed by atoms with Gasteiger partial charge in [-0.05, 0) is 28.1 Å². The molecule has 0 unspecified atom stereocenters. The number of benzene rings is 2. The first-order chi connectivity index (χ1) is 8.27. The Morgan fingerprint density at radius 1 is 0.824 bits per heavy atom. The van der Waals surface area contributed by atoms with Gasteiger partial charge in [0.2, 0.25) is 0 Å². The average Bonchev–Trinajstić information content (AvgIpc) is 2.68. The van der Waals surface area contributed by atoms with E-state index in [0.717, 1.165) is 4.47 Å². The minimum absolute atomic E-state index is 1.13. The first-order valence-electron chi connectivity index (χ1n) is 5.19. The minimum Gasteiger partial charge on any atom is -0.134 e. The molecule has 3 rings (SSSR count). The molecule has 17 heavy (non-hydrogen) atoms. The molecule has 1 heterocycles. The zero-order chi connectivity index (χ0) is 11.8. The standard InChI is InChI=1S/C14H8Br2S/c15-11-7-3-1-5-9(11)14-13(16)10-6-2-4-8-12(10)17-14/h1-8H. The van der Waals surface area contributed by atoms with E-state index in [4.69, 9.17) is 0 Å². The smallest absolute Gasteiger partial charge is 0.0508 e. The normalized spacial score (nSPS) is 10.9. The van der Waals surface area contributed by atoms with Crippen LogP contribution in [0, 0.1) is 0 Å². The van der Waals surface area contributed by atoms with Crippen LogP contribution in [-0.4, -0.2) is 0 Å². The second-order valence-corrected chi connectivity index (χ2v) is 6.42. The summed E-state index contributed by atoms with van der Waals surface area (Å²) in [4.78, 5) is 1.28. The summed E-state index contributed by atoms with van der Waals surface area (Å²) in [7, 11) is 0. The highest BCUT2D eigenvalue weighted by Crippen LogP contribution is 2.44. The van der Waals surface area contributed by atoms with Crippen LogP contribution in [0.3, 0.4) is 0 Å². The third kappa shape index (κ3) is 1.96. The van der Waals surface area contributed by atoms with Crippen molar-refractivity contribution in [2.24, 2.45) is 0 Å². The maximum atomic E-state index is 3.71. The van der Waals surface area contributed by atoms with Gasteiger partial charge in [-0.3, -0.25) is 0 Å². The largest absolute Gasteiger partial charge is 0.134 e. The molecule has 0 saturated carbocycles. The van der Waals surface area contributed by atoms with E-state index < -0.39 is 0 Å². The maximum absolute atomic E-state index is 3.71. The Labute approximate surface area is 121 Å². The van der Waals surface area contributed by atoms with Gasteiger partial charge in [0.25, 0.3) is 0 Å². The van der Waals surface area contributed by atoms with Gasteiger partial charge in [0.15, 0.2) is 0 Å². The number of rotatable bonds is 1. The van der Waals surface area contributed by atoms with Crippen LogP contribution in [-0.2, 0) is 0 Å². The van der Waals surface area contributed by atoms with E-state index in [1.165, 1.54) is 25.0 Å². The Morgan fingerprint density at radius 3 is 2.29 bits per heavy atom. The first-order valence-corrected chi connectivity index (χ1v) is 7.59. The lowest BCUT2D eigenvalue weighted by Gasteiger charge is -2.01. The summed E-state index contributed by atoms with van der Waals surface area (Å²) in [6.07, 6.45) is 0. The number of hydrogen-bond acceptors (Lipinski definition) is 1. The fourth-order valence-corrected chi connectivity index (χ4v) is 4.51. The third-order valence-corrected chi connectivity index (χ3v) is 5.64. The van der Waals surface area contributed by atoms with Crippen molar-refractivity contribution in [2.45, 2.75) is 0 Å². The molecule has 0 aliphatic rings. The molecule has 3 heteroatoms. The van der Waals surface area contributed by atoms with Crippen LogP contribution in [0.25, 0.3) is 20.5 Å². The summed E-state index contributed by atoms with van der Waals surface area (Å²) in [5.74, 6) is 0. The highest BCUT2D eigenvalue weighted by molar-refractivity contribution is 9.11. The molecular formula is C14H8Br2S. The summed E-state index contributed by atoms with van der Waals surface area (Å²) in [6.45, 7) is 0. The molecular weight excluding hydrogens is 360 g/mol. The number of hydrogen-bond donors (Lipinski definition) is 0. The second-order valence-electron chi connectivity index (χ2n) is 3.72. The van der Waals surface area contributed by atoms with Gasteiger partial charge in [-0.25, -0.2) is 0 Å². The molecule has 0 radical (unpaired) electrons. The SMILES string of the molecule is Brc1ccccc1-c1sc2ccccc2c1Br. The fraction of sp³-hybridized carbons (Fsp3) is 0. The van der Waals surface area contributed by atoms with E-state index in [1.807, 2.05) is 17.4 Å². The lowest BCUT2D eigenvalue weighted by Crippen LogP contribution is -1.75. The second kappa shape index (κ2) is 4.56. The van der Waals surface area contributed by atoms with Crippen molar-refractivity contribution in [3.63, 3.8) is 0 Å². The third-order valence-electron chi connectivity index (χ3n) is 2.65. The molecule has 0 aliphatic heterocycles. The molecule has 0 N–H and O–H groups in total. The Balaban J connectivity index is 2.32. The number of thiophene rings is 1. The van der Waals surface area contributed by atoms with Crippen molar-refractivity contribution in [1.82, 2.24) is 0 Å². The lowest BCUT2D eigenvalue weighted by atomic mass is 10.1. The molecule has 0 amide bonds. The molecule has 0 nitrogen and oxygen atoms in total. The van der Waals surface area contributed by atoms with Gasteiger partial charge in [-0.2, -0.15) is 0 Å². The van der Waals surface area contributed by atoms with Crippen LogP contribution in [0.2, 0.25) is 0 Å². The summed E-state index contributed by atoms with van der Waals surface area (Å²) in [6, 6.07) is 16.8. The molecule has 1 aromatic heterocycles. The monoisotopic (exact) mass is 366 g/mol. The van der Waals surface area contributed by atoms with E-state index in [-0.39, 0.29) is 0 Å². The van der Waals surface area contributed by atoms with Crippen LogP contribution >= 0.6 is 43.2 Å². The predicted molar refractivity (Wildman–Crippen MR) is 82.7 cm³/mol. The van der Waals surface area contributed by atoms with Crippen LogP contribution in [0.4, 0.5) is 0 Å². The van der Waals surface area contributed by atoms with Crippen molar-refractivity contribution in [1.29, 1.82) is 0 Å². The summed E-state index contributed by atoms with van der Waals surface area (Å²) < 4.78 is 3.63. The van der Waals surface area contributed by atoms with Gasteiger partial charge < -0.3 is 0 Å². The van der Waals surface area contributed by atoms with Gasteiger partial charge in [0.05, 0.1) is 4.88 Å². The van der Waals surface area contributed by atoms with E-state index in [1.54, 1.807) is 0 Å². The predicted octanol–water partition coefficient (Wildman–Crippen LogP) is 6.09. The quantitative estimate of drug-likeness (QED) is 0.487. The van der Waals surface area contributed by atoms with Gasteiger partial charge in [0, 0.05) is 24.6 Å². The Hall–Kier alpha value is -0.640. The summed E-state index contributed by atoms with van der Waals surface area (Å²) >= 11 is 9.14. The Kier molecular flexibility index (Phi) is 3.07. The molecule has 0 atom stereocenters. The zero-order valence-electron chi connectivity index (χ0n) is 8.78. The maximum Gasteiger partial charge on any atom is 0.0508 e. The molecule has 0 saturated heterocycles. The minimum atomic E-state index is 1.13. The van der Waals surface area contributed by atoms with Crippen LogP contribution < -0.4 is 0 Å². The highest BCUT2D eigenvalue weighted by atomic mass is 79.9. The Bertz CT molecular complexity index is 686. The molecule has 0 aliphatic carbocycles. The molecule has 0 spiro atoms. The van der Waals surface area contributed by atoms with Crippen LogP contribution in [0.5, 0.6) is 0 Å². The van der Waals surface area contributed by atoms with Crippen molar-refractivity contribution in [2.75, 3.05) is 0 Å². The molecule has 3 aromatic rings. The van der Waals surface area contributed by atoms with Crippen molar-refractivity contribution in [3.8, 4) is 10.4 Å². The summed E-state index contributed by atoms with van der Waals surface area (Å²) in [5.41, 5.74) is 1.24. The number of fused-ring (bicyclic) bond motifs is 1. The van der Waals surface area contributed by atoms with Crippen molar-refractivity contribution < 1.29 is 0 Å². The van der Waals surface area contributed by atoms with Gasteiger partial charge >= 0.3 is 0 Å². The van der Waals surface area contributed by atoms with Crippen LogP contribution in [0.15, 0.2) is 57.5 Å². The molecule has 0 fully saturated rings. The summed E-state index contributed by atoms with van der Waals surface area (Å²) in [5, 5.41) is 1.28.